The topological polar surface area (TPSA) is 125 Å². The standard InChI is InChI=1S/C8H8ClN7O2/c1-4-6(16(17)18)7(13-8(12-4)14-10)15-3-5(9)2-11-15/h2-3H,10H2,1H3,(H,12,13,14). The van der Waals surface area contributed by atoms with Crippen LogP contribution in [0.2, 0.25) is 5.02 Å². The van der Waals surface area contributed by atoms with Crippen LogP contribution in [0.4, 0.5) is 11.6 Å². The number of aromatic nitrogens is 4. The second kappa shape index (κ2) is 4.55. The fraction of sp³-hybridized carbons (Fsp3) is 0.125. The average molecular weight is 270 g/mol. The van der Waals surface area contributed by atoms with E-state index in [4.69, 9.17) is 17.4 Å². The van der Waals surface area contributed by atoms with E-state index in [-0.39, 0.29) is 23.1 Å². The van der Waals surface area contributed by atoms with Gasteiger partial charge in [-0.05, 0) is 6.92 Å². The lowest BCUT2D eigenvalue weighted by atomic mass is 10.3. The highest BCUT2D eigenvalue weighted by molar-refractivity contribution is 6.30. The van der Waals surface area contributed by atoms with Crippen molar-refractivity contribution >= 4 is 23.2 Å². The minimum Gasteiger partial charge on any atom is -0.292 e. The molecule has 0 aliphatic rings. The molecule has 0 amide bonds. The molecule has 9 nitrogen and oxygen atoms in total. The molecule has 2 heterocycles. The highest BCUT2D eigenvalue weighted by atomic mass is 35.5. The van der Waals surface area contributed by atoms with Crippen molar-refractivity contribution in [2.24, 2.45) is 5.84 Å². The highest BCUT2D eigenvalue weighted by Crippen LogP contribution is 2.25. The third-order valence-electron chi connectivity index (χ3n) is 2.12. The Labute approximate surface area is 106 Å². The summed E-state index contributed by atoms with van der Waals surface area (Å²) >= 11 is 5.72. The Morgan fingerprint density at radius 2 is 2.28 bits per heavy atom. The predicted molar refractivity (Wildman–Crippen MR) is 63.4 cm³/mol. The number of hydrogen-bond donors (Lipinski definition) is 2. The first-order chi connectivity index (χ1) is 8.52. The molecule has 0 atom stereocenters. The number of nitrogens with zero attached hydrogens (tertiary/aromatic N) is 5. The number of anilines is 1. The lowest BCUT2D eigenvalue weighted by molar-refractivity contribution is -0.385. The van der Waals surface area contributed by atoms with Gasteiger partial charge in [0.05, 0.1) is 22.3 Å². The Hall–Kier alpha value is -2.26. The maximum absolute atomic E-state index is 11.0. The van der Waals surface area contributed by atoms with Crippen molar-refractivity contribution in [3.8, 4) is 5.82 Å². The van der Waals surface area contributed by atoms with Crippen molar-refractivity contribution in [2.75, 3.05) is 5.43 Å². The predicted octanol–water partition coefficient (Wildman–Crippen LogP) is 0.818. The summed E-state index contributed by atoms with van der Waals surface area (Å²) < 4.78 is 1.19. The zero-order valence-electron chi connectivity index (χ0n) is 9.16. The molecular formula is C8H8ClN7O2. The Morgan fingerprint density at radius 1 is 1.56 bits per heavy atom. The maximum Gasteiger partial charge on any atom is 0.334 e. The zero-order chi connectivity index (χ0) is 13.3. The van der Waals surface area contributed by atoms with Crippen LogP contribution in [0.3, 0.4) is 0 Å². The molecule has 0 bridgehead atoms. The summed E-state index contributed by atoms with van der Waals surface area (Å²) in [5.41, 5.74) is 2.15. The second-order valence-electron chi connectivity index (χ2n) is 3.31. The molecule has 0 radical (unpaired) electrons. The molecule has 2 rings (SSSR count). The van der Waals surface area contributed by atoms with Crippen LogP contribution >= 0.6 is 11.6 Å². The van der Waals surface area contributed by atoms with Crippen molar-refractivity contribution in [2.45, 2.75) is 6.92 Å². The molecule has 0 saturated heterocycles. The molecule has 10 heteroatoms. The normalized spacial score (nSPS) is 10.4. The largest absolute Gasteiger partial charge is 0.334 e. The number of nitrogens with two attached hydrogens (primary N) is 1. The summed E-state index contributed by atoms with van der Waals surface area (Å²) in [6.07, 6.45) is 2.74. The molecule has 0 saturated carbocycles. The van der Waals surface area contributed by atoms with E-state index in [2.05, 4.69) is 20.5 Å². The molecule has 2 aromatic heterocycles. The Morgan fingerprint density at radius 3 is 2.78 bits per heavy atom. The van der Waals surface area contributed by atoms with Gasteiger partial charge in [0.2, 0.25) is 11.8 Å². The van der Waals surface area contributed by atoms with Gasteiger partial charge in [-0.3, -0.25) is 15.5 Å². The molecule has 0 fully saturated rings. The van der Waals surface area contributed by atoms with Gasteiger partial charge in [-0.1, -0.05) is 11.6 Å². The summed E-state index contributed by atoms with van der Waals surface area (Å²) in [6, 6.07) is 0. The van der Waals surface area contributed by atoms with Gasteiger partial charge in [0.15, 0.2) is 0 Å². The van der Waals surface area contributed by atoms with Crippen LogP contribution in [-0.4, -0.2) is 24.7 Å². The van der Waals surface area contributed by atoms with Crippen LogP contribution in [-0.2, 0) is 0 Å². The quantitative estimate of drug-likeness (QED) is 0.480. The van der Waals surface area contributed by atoms with Crippen molar-refractivity contribution < 1.29 is 4.92 Å². The third kappa shape index (κ3) is 2.08. The monoisotopic (exact) mass is 269 g/mol. The molecule has 2 aromatic rings. The fourth-order valence-corrected chi connectivity index (χ4v) is 1.54. The van der Waals surface area contributed by atoms with Gasteiger partial charge in [0.1, 0.15) is 5.69 Å². The third-order valence-corrected chi connectivity index (χ3v) is 2.31. The minimum absolute atomic E-state index is 0.00708. The number of nitro groups is 1. The Balaban J connectivity index is 2.70. The number of halogens is 1. The lowest BCUT2D eigenvalue weighted by Gasteiger charge is -2.06. The number of nitrogen functional groups attached to an aromatic ring is 1. The Kier molecular flexibility index (Phi) is 3.08. The summed E-state index contributed by atoms with van der Waals surface area (Å²) in [4.78, 5) is 18.2. The van der Waals surface area contributed by atoms with Crippen molar-refractivity contribution in [3.05, 3.63) is 33.2 Å². The lowest BCUT2D eigenvalue weighted by Crippen LogP contribution is -2.15. The highest BCUT2D eigenvalue weighted by Gasteiger charge is 2.23. The van der Waals surface area contributed by atoms with E-state index in [0.717, 1.165) is 0 Å². The SMILES string of the molecule is Cc1nc(NN)nc(-n2cc(Cl)cn2)c1[N+](=O)[O-]. The summed E-state index contributed by atoms with van der Waals surface area (Å²) in [5, 5.41) is 15.2. The summed E-state index contributed by atoms with van der Waals surface area (Å²) in [5.74, 6) is 5.24. The number of rotatable bonds is 3. The van der Waals surface area contributed by atoms with E-state index in [1.54, 1.807) is 0 Å². The number of aryl methyl sites for hydroxylation is 1. The van der Waals surface area contributed by atoms with E-state index in [1.165, 1.54) is 24.0 Å². The molecule has 3 N–H and O–H groups in total. The number of hydrazine groups is 1. The van der Waals surface area contributed by atoms with Crippen LogP contribution in [0, 0.1) is 17.0 Å². The van der Waals surface area contributed by atoms with E-state index < -0.39 is 4.92 Å². The minimum atomic E-state index is -0.583. The van der Waals surface area contributed by atoms with Gasteiger partial charge in [-0.2, -0.15) is 10.1 Å². The average Bonchev–Trinajstić information content (AvgIpc) is 2.74. The van der Waals surface area contributed by atoms with E-state index in [0.29, 0.717) is 5.02 Å². The van der Waals surface area contributed by atoms with Gasteiger partial charge < -0.3 is 0 Å². The van der Waals surface area contributed by atoms with Crippen molar-refractivity contribution in [1.82, 2.24) is 19.7 Å². The summed E-state index contributed by atoms with van der Waals surface area (Å²) in [7, 11) is 0. The first-order valence-corrected chi connectivity index (χ1v) is 5.11. The molecule has 0 aliphatic heterocycles. The van der Waals surface area contributed by atoms with Crippen LogP contribution in [0.1, 0.15) is 5.69 Å². The van der Waals surface area contributed by atoms with E-state index in [1.807, 2.05) is 0 Å². The number of nitrogens with one attached hydrogen (secondary N) is 1. The Bertz CT molecular complexity index is 611. The van der Waals surface area contributed by atoms with Gasteiger partial charge in [-0.25, -0.2) is 15.5 Å². The molecular weight excluding hydrogens is 262 g/mol. The van der Waals surface area contributed by atoms with Crippen LogP contribution in [0.5, 0.6) is 0 Å². The van der Waals surface area contributed by atoms with Crippen molar-refractivity contribution in [1.29, 1.82) is 0 Å². The molecule has 18 heavy (non-hydrogen) atoms. The smallest absolute Gasteiger partial charge is 0.292 e. The first kappa shape index (κ1) is 12.2. The molecule has 94 valence electrons. The van der Waals surface area contributed by atoms with Crippen LogP contribution in [0.15, 0.2) is 12.4 Å². The number of hydrogen-bond acceptors (Lipinski definition) is 7. The first-order valence-electron chi connectivity index (χ1n) is 4.73. The van der Waals surface area contributed by atoms with Gasteiger partial charge in [0.25, 0.3) is 0 Å². The maximum atomic E-state index is 11.0. The zero-order valence-corrected chi connectivity index (χ0v) is 9.92. The molecule has 0 spiro atoms. The van der Waals surface area contributed by atoms with E-state index in [9.17, 15) is 10.1 Å². The van der Waals surface area contributed by atoms with Crippen molar-refractivity contribution in [3.63, 3.8) is 0 Å². The second-order valence-corrected chi connectivity index (χ2v) is 3.75. The summed E-state index contributed by atoms with van der Waals surface area (Å²) in [6.45, 7) is 1.48. The fourth-order valence-electron chi connectivity index (χ4n) is 1.41. The van der Waals surface area contributed by atoms with Gasteiger partial charge in [0, 0.05) is 0 Å². The van der Waals surface area contributed by atoms with Crippen LogP contribution < -0.4 is 11.3 Å². The van der Waals surface area contributed by atoms with Crippen LogP contribution in [0.25, 0.3) is 5.82 Å². The molecule has 0 aromatic carbocycles. The molecule has 0 unspecified atom stereocenters. The van der Waals surface area contributed by atoms with Gasteiger partial charge in [-0.15, -0.1) is 0 Å². The van der Waals surface area contributed by atoms with Gasteiger partial charge >= 0.3 is 5.69 Å². The molecule has 0 aliphatic carbocycles. The van der Waals surface area contributed by atoms with E-state index >= 15 is 0 Å².